The summed E-state index contributed by atoms with van der Waals surface area (Å²) < 4.78 is 29.3. The Labute approximate surface area is 131 Å². The first kappa shape index (κ1) is 16.9. The monoisotopic (exact) mass is 327 g/mol. The Balaban J connectivity index is 1.87. The van der Waals surface area contributed by atoms with Gasteiger partial charge in [0.1, 0.15) is 6.10 Å². The molecule has 1 aromatic carbocycles. The molecule has 0 radical (unpaired) electrons. The highest BCUT2D eigenvalue weighted by molar-refractivity contribution is 7.86. The van der Waals surface area contributed by atoms with Crippen LogP contribution in [0.1, 0.15) is 26.3 Å². The molecule has 0 aromatic heterocycles. The van der Waals surface area contributed by atoms with Gasteiger partial charge in [-0.05, 0) is 39.8 Å². The van der Waals surface area contributed by atoms with E-state index in [0.717, 1.165) is 5.56 Å². The lowest BCUT2D eigenvalue weighted by Gasteiger charge is -2.37. The lowest BCUT2D eigenvalue weighted by atomic mass is 9.98. The van der Waals surface area contributed by atoms with Crippen molar-refractivity contribution in [3.63, 3.8) is 0 Å². The summed E-state index contributed by atoms with van der Waals surface area (Å²) in [6.07, 6.45) is -0.501. The zero-order chi connectivity index (χ0) is 16.5. The summed E-state index contributed by atoms with van der Waals surface area (Å²) in [6, 6.07) is 6.46. The van der Waals surface area contributed by atoms with Crippen molar-refractivity contribution in [3.8, 4) is 0 Å². The van der Waals surface area contributed by atoms with E-state index >= 15 is 0 Å². The van der Waals surface area contributed by atoms with Crippen LogP contribution in [0.15, 0.2) is 29.2 Å². The fraction of sp³-hybridized carbons (Fsp3) is 0.533. The topological polar surface area (TPSA) is 72.9 Å². The molecule has 1 fully saturated rings. The number of carbonyl (C=O) groups excluding carboxylic acids is 1. The average Bonchev–Trinajstić information content (AvgIpc) is 2.35. The van der Waals surface area contributed by atoms with Crippen LogP contribution in [-0.2, 0) is 23.9 Å². The van der Waals surface area contributed by atoms with Crippen LogP contribution in [0.5, 0.6) is 0 Å². The van der Waals surface area contributed by atoms with Gasteiger partial charge in [0.05, 0.1) is 23.4 Å². The molecule has 0 unspecified atom stereocenters. The summed E-state index contributed by atoms with van der Waals surface area (Å²) in [5, 5.41) is 1.41. The normalized spacial score (nSPS) is 17.1. The number of rotatable bonds is 4. The Hall–Kier alpha value is -1.44. The lowest BCUT2D eigenvalue weighted by Crippen LogP contribution is -2.54. The average molecular weight is 327 g/mol. The van der Waals surface area contributed by atoms with Crippen LogP contribution in [0, 0.1) is 12.3 Å². The Bertz CT molecular complexity index is 640. The van der Waals surface area contributed by atoms with E-state index in [2.05, 4.69) is 0 Å². The first-order chi connectivity index (χ1) is 10.1. The molecule has 0 spiro atoms. The van der Waals surface area contributed by atoms with Crippen LogP contribution in [0.3, 0.4) is 0 Å². The first-order valence-corrected chi connectivity index (χ1v) is 8.46. The van der Waals surface area contributed by atoms with Crippen molar-refractivity contribution in [2.24, 2.45) is 5.41 Å². The molecule has 122 valence electrons. The van der Waals surface area contributed by atoms with Crippen molar-refractivity contribution in [3.05, 3.63) is 29.8 Å². The molecule has 6 nitrogen and oxygen atoms in total. The summed E-state index contributed by atoms with van der Waals surface area (Å²) in [7, 11) is -3.78. The molecule has 1 aliphatic heterocycles. The Morgan fingerprint density at radius 3 is 2.23 bits per heavy atom. The quantitative estimate of drug-likeness (QED) is 0.786. The van der Waals surface area contributed by atoms with Crippen molar-refractivity contribution >= 4 is 16.1 Å². The van der Waals surface area contributed by atoms with Crippen LogP contribution in [0.4, 0.5) is 0 Å². The summed E-state index contributed by atoms with van der Waals surface area (Å²) in [4.78, 5) is 17.0. The van der Waals surface area contributed by atoms with Gasteiger partial charge < -0.3 is 4.84 Å². The van der Waals surface area contributed by atoms with Crippen LogP contribution < -0.4 is 0 Å². The zero-order valence-electron chi connectivity index (χ0n) is 13.2. The number of aryl methyl sites for hydroxylation is 1. The lowest BCUT2D eigenvalue weighted by molar-refractivity contribution is -0.234. The van der Waals surface area contributed by atoms with Crippen LogP contribution in [-0.4, -0.2) is 38.6 Å². The third-order valence-corrected chi connectivity index (χ3v) is 4.59. The molecule has 2 rings (SSSR count). The summed E-state index contributed by atoms with van der Waals surface area (Å²) in [5.41, 5.74) is 0.378. The SMILES string of the molecule is Cc1ccc(S(=O)(=O)OC2CN(OC(=O)C(C)(C)C)C2)cc1. The van der Waals surface area contributed by atoms with Crippen LogP contribution >= 0.6 is 0 Å². The minimum absolute atomic E-state index is 0.128. The minimum Gasteiger partial charge on any atom is -0.367 e. The number of benzene rings is 1. The summed E-state index contributed by atoms with van der Waals surface area (Å²) in [5.74, 6) is -0.354. The number of carbonyl (C=O) groups is 1. The number of nitrogens with zero attached hydrogens (tertiary/aromatic N) is 1. The maximum Gasteiger partial charge on any atom is 0.330 e. The van der Waals surface area contributed by atoms with Gasteiger partial charge in [-0.1, -0.05) is 17.7 Å². The van der Waals surface area contributed by atoms with Gasteiger partial charge in [0.25, 0.3) is 10.1 Å². The van der Waals surface area contributed by atoms with Gasteiger partial charge in [-0.3, -0.25) is 4.18 Å². The molecule has 0 atom stereocenters. The van der Waals surface area contributed by atoms with Gasteiger partial charge in [-0.2, -0.15) is 8.42 Å². The predicted molar refractivity (Wildman–Crippen MR) is 80.4 cm³/mol. The van der Waals surface area contributed by atoms with Gasteiger partial charge in [-0.15, -0.1) is 5.06 Å². The van der Waals surface area contributed by atoms with Gasteiger partial charge in [0.15, 0.2) is 0 Å². The van der Waals surface area contributed by atoms with E-state index < -0.39 is 21.6 Å². The van der Waals surface area contributed by atoms with E-state index in [4.69, 9.17) is 9.02 Å². The smallest absolute Gasteiger partial charge is 0.330 e. The highest BCUT2D eigenvalue weighted by Crippen LogP contribution is 2.23. The first-order valence-electron chi connectivity index (χ1n) is 7.05. The standard InChI is InChI=1S/C15H21NO5S/c1-11-5-7-13(8-6-11)22(18,19)21-12-9-16(10-12)20-14(17)15(2,3)4/h5-8,12H,9-10H2,1-4H3. The maximum atomic E-state index is 12.1. The van der Waals surface area contributed by atoms with Crippen molar-refractivity contribution < 1.29 is 22.2 Å². The van der Waals surface area contributed by atoms with Crippen molar-refractivity contribution in [2.45, 2.75) is 38.7 Å². The van der Waals surface area contributed by atoms with Crippen LogP contribution in [0.2, 0.25) is 0 Å². The Morgan fingerprint density at radius 1 is 1.18 bits per heavy atom. The summed E-state index contributed by atoms with van der Waals surface area (Å²) >= 11 is 0. The van der Waals surface area contributed by atoms with E-state index in [0.29, 0.717) is 0 Å². The molecular formula is C15H21NO5S. The molecular weight excluding hydrogens is 306 g/mol. The number of hydrogen-bond acceptors (Lipinski definition) is 6. The van der Waals surface area contributed by atoms with Crippen molar-refractivity contribution in [2.75, 3.05) is 13.1 Å². The van der Waals surface area contributed by atoms with E-state index in [1.807, 2.05) is 6.92 Å². The molecule has 22 heavy (non-hydrogen) atoms. The Kier molecular flexibility index (Phi) is 4.60. The van der Waals surface area contributed by atoms with Gasteiger partial charge in [0.2, 0.25) is 0 Å². The largest absolute Gasteiger partial charge is 0.367 e. The van der Waals surface area contributed by atoms with E-state index in [-0.39, 0.29) is 24.0 Å². The Morgan fingerprint density at radius 2 is 1.73 bits per heavy atom. The fourth-order valence-corrected chi connectivity index (χ4v) is 2.79. The second kappa shape index (κ2) is 5.98. The molecule has 0 N–H and O–H groups in total. The molecule has 0 bridgehead atoms. The third-order valence-electron chi connectivity index (χ3n) is 3.21. The van der Waals surface area contributed by atoms with Gasteiger partial charge in [-0.25, -0.2) is 4.79 Å². The second-order valence-corrected chi connectivity index (χ2v) is 8.03. The maximum absolute atomic E-state index is 12.1. The second-order valence-electron chi connectivity index (χ2n) is 6.46. The van der Waals surface area contributed by atoms with Gasteiger partial charge in [0, 0.05) is 0 Å². The molecule has 0 aliphatic carbocycles. The molecule has 0 saturated carbocycles. The molecule has 1 heterocycles. The number of hydroxylamine groups is 2. The van der Waals surface area contributed by atoms with E-state index in [1.165, 1.54) is 17.2 Å². The molecule has 7 heteroatoms. The minimum atomic E-state index is -3.78. The number of hydrogen-bond donors (Lipinski definition) is 0. The predicted octanol–water partition coefficient (Wildman–Crippen LogP) is 1.89. The highest BCUT2D eigenvalue weighted by Gasteiger charge is 2.37. The van der Waals surface area contributed by atoms with Crippen molar-refractivity contribution in [1.29, 1.82) is 0 Å². The van der Waals surface area contributed by atoms with Crippen molar-refractivity contribution in [1.82, 2.24) is 5.06 Å². The zero-order valence-corrected chi connectivity index (χ0v) is 14.0. The van der Waals surface area contributed by atoms with Gasteiger partial charge >= 0.3 is 5.97 Å². The molecule has 0 amide bonds. The molecule has 1 aromatic rings. The molecule has 1 saturated heterocycles. The van der Waals surface area contributed by atoms with E-state index in [9.17, 15) is 13.2 Å². The third kappa shape index (κ3) is 4.06. The summed E-state index contributed by atoms with van der Waals surface area (Å²) in [6.45, 7) is 7.63. The fourth-order valence-electron chi connectivity index (χ4n) is 1.73. The molecule has 1 aliphatic rings. The van der Waals surface area contributed by atoms with Crippen LogP contribution in [0.25, 0.3) is 0 Å². The highest BCUT2D eigenvalue weighted by atomic mass is 32.2. The van der Waals surface area contributed by atoms with E-state index in [1.54, 1.807) is 32.9 Å².